The number of carbonyl (C=O) groups is 1. The van der Waals surface area contributed by atoms with Gasteiger partial charge in [-0.2, -0.15) is 0 Å². The molecule has 0 saturated heterocycles. The third-order valence-corrected chi connectivity index (χ3v) is 5.57. The summed E-state index contributed by atoms with van der Waals surface area (Å²) in [5.74, 6) is 0. The van der Waals surface area contributed by atoms with Gasteiger partial charge in [0.2, 0.25) is 0 Å². The molecule has 32 heavy (non-hydrogen) atoms. The minimum absolute atomic E-state index is 0.424. The van der Waals surface area contributed by atoms with E-state index >= 15 is 0 Å². The molecular weight excluding hydrogens is 447 g/mol. The van der Waals surface area contributed by atoms with E-state index in [0.717, 1.165) is 33.3 Å². The quantitative estimate of drug-likeness (QED) is 0.337. The van der Waals surface area contributed by atoms with Gasteiger partial charge in [0.1, 0.15) is 11.2 Å². The fourth-order valence-corrected chi connectivity index (χ4v) is 3.85. The van der Waals surface area contributed by atoms with E-state index in [1.54, 1.807) is 18.3 Å². The fraction of sp³-hybridized carbons (Fsp3) is 0.250. The van der Waals surface area contributed by atoms with Crippen molar-refractivity contribution in [2.75, 3.05) is 11.9 Å². The second kappa shape index (κ2) is 8.88. The lowest BCUT2D eigenvalue weighted by atomic mass is 10.1. The largest absolute Gasteiger partial charge is 0.444 e. The predicted octanol–water partition coefficient (Wildman–Crippen LogP) is 6.76. The molecular formula is C24H24Cl2N4O2. The summed E-state index contributed by atoms with van der Waals surface area (Å²) < 4.78 is 7.42. The number of benzene rings is 2. The SMILES string of the molecule is CC(C)(C)OC(=O)NCCn1c2ccc(Nc3ccc(Cl)c(Cl)c3)cc2c2cccnc21. The van der Waals surface area contributed by atoms with Gasteiger partial charge in [0.25, 0.3) is 0 Å². The van der Waals surface area contributed by atoms with Crippen LogP contribution < -0.4 is 10.6 Å². The Bertz CT molecular complexity index is 1290. The number of amides is 1. The summed E-state index contributed by atoms with van der Waals surface area (Å²) in [5, 5.41) is 9.30. The van der Waals surface area contributed by atoms with E-state index in [4.69, 9.17) is 27.9 Å². The maximum Gasteiger partial charge on any atom is 0.407 e. The second-order valence-electron chi connectivity index (χ2n) is 8.44. The zero-order valence-corrected chi connectivity index (χ0v) is 19.6. The molecule has 0 unspecified atom stereocenters. The van der Waals surface area contributed by atoms with Crippen molar-refractivity contribution in [2.24, 2.45) is 0 Å². The van der Waals surface area contributed by atoms with Crippen LogP contribution >= 0.6 is 23.2 Å². The number of anilines is 2. The Labute approximate surface area is 196 Å². The Kier molecular flexibility index (Phi) is 6.17. The van der Waals surface area contributed by atoms with Crippen molar-refractivity contribution < 1.29 is 9.53 Å². The van der Waals surface area contributed by atoms with E-state index < -0.39 is 11.7 Å². The minimum Gasteiger partial charge on any atom is -0.444 e. The maximum absolute atomic E-state index is 12.0. The summed E-state index contributed by atoms with van der Waals surface area (Å²) in [6.07, 6.45) is 1.34. The van der Waals surface area contributed by atoms with E-state index in [1.807, 2.05) is 51.1 Å². The topological polar surface area (TPSA) is 68.2 Å². The Hall–Kier alpha value is -2.96. The fourth-order valence-electron chi connectivity index (χ4n) is 3.55. The summed E-state index contributed by atoms with van der Waals surface area (Å²) in [6, 6.07) is 15.5. The molecule has 2 aromatic carbocycles. The van der Waals surface area contributed by atoms with Crippen LogP contribution in [-0.4, -0.2) is 27.8 Å². The number of ether oxygens (including phenoxy) is 1. The van der Waals surface area contributed by atoms with Crippen molar-refractivity contribution in [1.82, 2.24) is 14.9 Å². The molecule has 0 aliphatic heterocycles. The first-order chi connectivity index (χ1) is 15.2. The maximum atomic E-state index is 12.0. The number of carbonyl (C=O) groups excluding carboxylic acids is 1. The normalized spacial score (nSPS) is 11.7. The third kappa shape index (κ3) is 4.92. The van der Waals surface area contributed by atoms with Crippen molar-refractivity contribution in [3.05, 3.63) is 64.8 Å². The zero-order valence-electron chi connectivity index (χ0n) is 18.1. The van der Waals surface area contributed by atoms with Crippen molar-refractivity contribution in [1.29, 1.82) is 0 Å². The Balaban J connectivity index is 1.60. The van der Waals surface area contributed by atoms with Crippen molar-refractivity contribution in [3.8, 4) is 0 Å². The Morgan fingerprint density at radius 3 is 2.53 bits per heavy atom. The number of aromatic nitrogens is 2. The molecule has 166 valence electrons. The van der Waals surface area contributed by atoms with E-state index in [2.05, 4.69) is 26.3 Å². The molecule has 4 rings (SSSR count). The van der Waals surface area contributed by atoms with Crippen LogP contribution in [0.5, 0.6) is 0 Å². The molecule has 0 aliphatic carbocycles. The average Bonchev–Trinajstić information content (AvgIpc) is 3.03. The van der Waals surface area contributed by atoms with Gasteiger partial charge < -0.3 is 19.9 Å². The number of nitrogens with one attached hydrogen (secondary N) is 2. The number of hydrogen-bond acceptors (Lipinski definition) is 4. The highest BCUT2D eigenvalue weighted by atomic mass is 35.5. The van der Waals surface area contributed by atoms with E-state index in [-0.39, 0.29) is 0 Å². The van der Waals surface area contributed by atoms with Crippen LogP contribution in [0, 0.1) is 0 Å². The summed E-state index contributed by atoms with van der Waals surface area (Å²) in [4.78, 5) is 16.6. The number of alkyl carbamates (subject to hydrolysis) is 1. The van der Waals surface area contributed by atoms with Gasteiger partial charge in [-0.05, 0) is 69.3 Å². The standard InChI is InChI=1S/C24H24Cl2N4O2/c1-24(2,3)32-23(31)28-11-12-30-21-9-7-15(29-16-6-8-19(25)20(26)14-16)13-18(21)17-5-4-10-27-22(17)30/h4-10,13-14,29H,11-12H2,1-3H3,(H,28,31). The number of halogens is 2. The van der Waals surface area contributed by atoms with E-state index in [9.17, 15) is 4.79 Å². The lowest BCUT2D eigenvalue weighted by molar-refractivity contribution is 0.0526. The number of pyridine rings is 1. The molecule has 8 heteroatoms. The number of rotatable bonds is 5. The highest BCUT2D eigenvalue weighted by molar-refractivity contribution is 6.42. The molecule has 0 saturated carbocycles. The number of nitrogens with zero attached hydrogens (tertiary/aromatic N) is 2. The Morgan fingerprint density at radius 1 is 1.03 bits per heavy atom. The lowest BCUT2D eigenvalue weighted by Gasteiger charge is -2.19. The molecule has 0 atom stereocenters. The van der Waals surface area contributed by atoms with Gasteiger partial charge in [-0.25, -0.2) is 9.78 Å². The molecule has 0 aliphatic rings. The van der Waals surface area contributed by atoms with Gasteiger partial charge >= 0.3 is 6.09 Å². The molecule has 2 aromatic heterocycles. The molecule has 0 fully saturated rings. The van der Waals surface area contributed by atoms with Crippen LogP contribution in [-0.2, 0) is 11.3 Å². The monoisotopic (exact) mass is 470 g/mol. The predicted molar refractivity (Wildman–Crippen MR) is 131 cm³/mol. The molecule has 2 N–H and O–H groups in total. The van der Waals surface area contributed by atoms with E-state index in [0.29, 0.717) is 23.1 Å². The van der Waals surface area contributed by atoms with Gasteiger partial charge in [-0.1, -0.05) is 23.2 Å². The van der Waals surface area contributed by atoms with Crippen LogP contribution in [0.2, 0.25) is 10.0 Å². The van der Waals surface area contributed by atoms with Crippen LogP contribution in [0.4, 0.5) is 16.2 Å². The first-order valence-corrected chi connectivity index (χ1v) is 11.0. The van der Waals surface area contributed by atoms with Crippen LogP contribution in [0.25, 0.3) is 21.9 Å². The second-order valence-corrected chi connectivity index (χ2v) is 9.26. The smallest absolute Gasteiger partial charge is 0.407 e. The molecule has 0 bridgehead atoms. The van der Waals surface area contributed by atoms with Gasteiger partial charge in [-0.3, -0.25) is 0 Å². The lowest BCUT2D eigenvalue weighted by Crippen LogP contribution is -2.34. The van der Waals surface area contributed by atoms with Gasteiger partial charge in [-0.15, -0.1) is 0 Å². The van der Waals surface area contributed by atoms with E-state index in [1.165, 1.54) is 0 Å². The summed E-state index contributed by atoms with van der Waals surface area (Å²) in [6.45, 7) is 6.51. The molecule has 0 spiro atoms. The van der Waals surface area contributed by atoms with Crippen molar-refractivity contribution >= 4 is 62.6 Å². The van der Waals surface area contributed by atoms with Gasteiger partial charge in [0, 0.05) is 41.4 Å². The average molecular weight is 471 g/mol. The minimum atomic E-state index is -0.532. The molecule has 0 radical (unpaired) electrons. The van der Waals surface area contributed by atoms with Gasteiger partial charge in [0.15, 0.2) is 0 Å². The van der Waals surface area contributed by atoms with Gasteiger partial charge in [0.05, 0.1) is 15.6 Å². The van der Waals surface area contributed by atoms with Crippen molar-refractivity contribution in [3.63, 3.8) is 0 Å². The molecule has 4 aromatic rings. The summed E-state index contributed by atoms with van der Waals surface area (Å²) in [7, 11) is 0. The Morgan fingerprint density at radius 2 is 1.78 bits per heavy atom. The zero-order chi connectivity index (χ0) is 22.9. The highest BCUT2D eigenvalue weighted by Crippen LogP contribution is 2.32. The summed E-state index contributed by atoms with van der Waals surface area (Å²) in [5.41, 5.74) is 3.13. The molecule has 2 heterocycles. The van der Waals surface area contributed by atoms with Crippen LogP contribution in [0.1, 0.15) is 20.8 Å². The summed E-state index contributed by atoms with van der Waals surface area (Å²) >= 11 is 12.2. The first kappa shape index (κ1) is 22.2. The first-order valence-electron chi connectivity index (χ1n) is 10.3. The number of hydrogen-bond donors (Lipinski definition) is 2. The van der Waals surface area contributed by atoms with Crippen LogP contribution in [0.3, 0.4) is 0 Å². The van der Waals surface area contributed by atoms with Crippen molar-refractivity contribution in [2.45, 2.75) is 32.9 Å². The third-order valence-electron chi connectivity index (χ3n) is 4.83. The molecule has 1 amide bonds. The molecule has 6 nitrogen and oxygen atoms in total. The van der Waals surface area contributed by atoms with Crippen LogP contribution in [0.15, 0.2) is 54.7 Å². The highest BCUT2D eigenvalue weighted by Gasteiger charge is 2.16. The number of fused-ring (bicyclic) bond motifs is 3.